The Morgan fingerprint density at radius 2 is 1.82 bits per heavy atom. The average molecular weight is 537 g/mol. The highest BCUT2D eigenvalue weighted by atomic mass is 32.2. The minimum absolute atomic E-state index is 0.354. The first-order chi connectivity index (χ1) is 19.1. The zero-order chi connectivity index (χ0) is 26.6. The molecule has 0 spiro atoms. The van der Waals surface area contributed by atoms with Crippen molar-refractivity contribution in [2.45, 2.75) is 19.4 Å². The number of nitrogens with zero attached hydrogens (tertiary/aromatic N) is 4. The van der Waals surface area contributed by atoms with Crippen molar-refractivity contribution in [2.75, 3.05) is 24.5 Å². The molecule has 2 aliphatic heterocycles. The minimum atomic E-state index is -0.380. The molecular weight excluding hydrogens is 508 g/mol. The molecule has 0 unspecified atom stereocenters. The zero-order valence-electron chi connectivity index (χ0n) is 21.3. The summed E-state index contributed by atoms with van der Waals surface area (Å²) in [5.41, 5.74) is 4.27. The lowest BCUT2D eigenvalue weighted by atomic mass is 9.95. The van der Waals surface area contributed by atoms with Gasteiger partial charge in [-0.15, -0.1) is 0 Å². The third-order valence-electron chi connectivity index (χ3n) is 7.21. The minimum Gasteiger partial charge on any atom is -0.341 e. The van der Waals surface area contributed by atoms with Crippen molar-refractivity contribution in [3.8, 4) is 11.1 Å². The summed E-state index contributed by atoms with van der Waals surface area (Å²) in [4.78, 5) is 39.4. The van der Waals surface area contributed by atoms with Crippen LogP contribution in [0.25, 0.3) is 28.0 Å². The topological polar surface area (TPSA) is 100 Å². The van der Waals surface area contributed by atoms with Gasteiger partial charge in [-0.25, -0.2) is 9.97 Å². The molecule has 8 nitrogen and oxygen atoms in total. The molecule has 2 amide bonds. The first-order valence-corrected chi connectivity index (χ1v) is 13.9. The molecule has 0 bridgehead atoms. The Balaban J connectivity index is 1.05. The van der Waals surface area contributed by atoms with E-state index in [1.165, 1.54) is 16.5 Å². The molecule has 2 aliphatic rings. The molecular formula is C30H28N6O2S. The molecule has 2 aromatic carbocycles. The van der Waals surface area contributed by atoms with Crippen LogP contribution >= 0.6 is 11.8 Å². The number of carbonyl (C=O) groups is 2. The lowest BCUT2D eigenvalue weighted by Gasteiger charge is -2.32. The van der Waals surface area contributed by atoms with Gasteiger partial charge >= 0.3 is 0 Å². The van der Waals surface area contributed by atoms with Crippen molar-refractivity contribution in [3.63, 3.8) is 0 Å². The summed E-state index contributed by atoms with van der Waals surface area (Å²) < 4.78 is 0. The lowest BCUT2D eigenvalue weighted by molar-refractivity contribution is -0.115. The number of rotatable bonds is 7. The number of carbonyl (C=O) groups excluding carboxylic acids is 2. The fourth-order valence-corrected chi connectivity index (χ4v) is 5.83. The second-order valence-corrected chi connectivity index (χ2v) is 10.8. The van der Waals surface area contributed by atoms with Gasteiger partial charge in [0.2, 0.25) is 5.95 Å². The molecule has 4 aromatic rings. The maximum atomic E-state index is 11.8. The third kappa shape index (κ3) is 5.69. The van der Waals surface area contributed by atoms with Gasteiger partial charge in [0.1, 0.15) is 0 Å². The second kappa shape index (κ2) is 11.3. The van der Waals surface area contributed by atoms with Gasteiger partial charge in [-0.3, -0.25) is 19.9 Å². The van der Waals surface area contributed by atoms with Gasteiger partial charge in [-0.05, 0) is 65.7 Å². The number of hydrogen-bond acceptors (Lipinski definition) is 8. The zero-order valence-corrected chi connectivity index (χ0v) is 22.2. The van der Waals surface area contributed by atoms with Crippen LogP contribution in [0.3, 0.4) is 0 Å². The lowest BCUT2D eigenvalue weighted by Crippen LogP contribution is -2.38. The molecule has 9 heteroatoms. The molecule has 2 saturated heterocycles. The molecule has 2 fully saturated rings. The number of thioether (sulfide) groups is 1. The molecule has 0 radical (unpaired) electrons. The molecule has 0 saturated carbocycles. The van der Waals surface area contributed by atoms with Gasteiger partial charge in [0, 0.05) is 49.2 Å². The Hall–Kier alpha value is -4.08. The van der Waals surface area contributed by atoms with Crippen molar-refractivity contribution in [1.29, 1.82) is 0 Å². The molecule has 196 valence electrons. The number of nitrogens with one attached hydrogen (secondary N) is 2. The first kappa shape index (κ1) is 25.2. The summed E-state index contributed by atoms with van der Waals surface area (Å²) in [6.07, 6.45) is 9.31. The van der Waals surface area contributed by atoms with Crippen LogP contribution in [0, 0.1) is 5.92 Å². The van der Waals surface area contributed by atoms with E-state index in [0.29, 0.717) is 22.5 Å². The largest absolute Gasteiger partial charge is 0.341 e. The van der Waals surface area contributed by atoms with Gasteiger partial charge in [0.25, 0.3) is 11.1 Å². The van der Waals surface area contributed by atoms with Crippen molar-refractivity contribution < 1.29 is 9.59 Å². The Bertz CT molecular complexity index is 1560. The van der Waals surface area contributed by atoms with Crippen LogP contribution in [-0.2, 0) is 11.3 Å². The van der Waals surface area contributed by atoms with Gasteiger partial charge < -0.3 is 10.2 Å². The quantitative estimate of drug-likeness (QED) is 0.318. The fourth-order valence-electron chi connectivity index (χ4n) is 5.17. The summed E-state index contributed by atoms with van der Waals surface area (Å²) in [6.45, 7) is 3.49. The highest BCUT2D eigenvalue weighted by Gasteiger charge is 2.26. The van der Waals surface area contributed by atoms with Crippen LogP contribution < -0.4 is 15.5 Å². The molecule has 39 heavy (non-hydrogen) atoms. The Morgan fingerprint density at radius 3 is 2.67 bits per heavy atom. The van der Waals surface area contributed by atoms with Crippen LogP contribution in [0.4, 0.5) is 10.7 Å². The van der Waals surface area contributed by atoms with Crippen LogP contribution in [-0.4, -0.2) is 45.7 Å². The number of pyridine rings is 1. The standard InChI is InChI=1S/C30H28N6O2S/c37-28-27(39-30(38)35-28)15-23-9-12-33-29(34-23)36-13-10-20(11-14-36)16-31-17-21-5-1-3-7-24(21)26-19-32-18-22-6-2-4-8-25(22)26/h1-9,12,15,18-20,31H,10-11,13-14,16-17H2,(H,35,37,38)/b27-15+. The average Bonchev–Trinajstić information content (AvgIpc) is 3.29. The molecule has 4 heterocycles. The SMILES string of the molecule is O=C1NC(=O)/C(=C\c2ccnc(N3CCC(CNCc4ccccc4-c4cncc5ccccc45)CC3)n2)S1. The highest BCUT2D eigenvalue weighted by Crippen LogP contribution is 2.30. The maximum absolute atomic E-state index is 11.8. The number of benzene rings is 2. The Labute approximate surface area is 231 Å². The second-order valence-electron chi connectivity index (χ2n) is 9.76. The van der Waals surface area contributed by atoms with Crippen LogP contribution in [0.5, 0.6) is 0 Å². The summed E-state index contributed by atoms with van der Waals surface area (Å²) >= 11 is 0.893. The van der Waals surface area contributed by atoms with Crippen LogP contribution in [0.15, 0.2) is 78.1 Å². The van der Waals surface area contributed by atoms with Gasteiger partial charge in [0.05, 0.1) is 10.6 Å². The Kier molecular flexibility index (Phi) is 7.33. The van der Waals surface area contributed by atoms with E-state index in [-0.39, 0.29) is 11.1 Å². The van der Waals surface area contributed by atoms with E-state index in [1.807, 2.05) is 18.5 Å². The molecule has 0 atom stereocenters. The van der Waals surface area contributed by atoms with Gasteiger partial charge in [0.15, 0.2) is 0 Å². The number of hydrogen-bond donors (Lipinski definition) is 2. The van der Waals surface area contributed by atoms with E-state index < -0.39 is 0 Å². The third-order valence-corrected chi connectivity index (χ3v) is 8.02. The summed E-state index contributed by atoms with van der Waals surface area (Å²) in [6, 6.07) is 18.7. The van der Waals surface area contributed by atoms with Crippen molar-refractivity contribution in [1.82, 2.24) is 25.6 Å². The number of fused-ring (bicyclic) bond motifs is 1. The van der Waals surface area contributed by atoms with E-state index in [2.05, 4.69) is 72.9 Å². The monoisotopic (exact) mass is 536 g/mol. The number of aromatic nitrogens is 3. The molecule has 0 aliphatic carbocycles. The predicted molar refractivity (Wildman–Crippen MR) is 155 cm³/mol. The summed E-state index contributed by atoms with van der Waals surface area (Å²) in [5, 5.41) is 7.97. The highest BCUT2D eigenvalue weighted by molar-refractivity contribution is 8.18. The number of amides is 2. The van der Waals surface area contributed by atoms with Crippen LogP contribution in [0.1, 0.15) is 24.1 Å². The number of anilines is 1. The molecule has 2 aromatic heterocycles. The number of piperidine rings is 1. The van der Waals surface area contributed by atoms with E-state index in [9.17, 15) is 9.59 Å². The first-order valence-electron chi connectivity index (χ1n) is 13.1. The predicted octanol–water partition coefficient (Wildman–Crippen LogP) is 5.02. The van der Waals surface area contributed by atoms with Crippen molar-refractivity contribution in [2.24, 2.45) is 5.92 Å². The van der Waals surface area contributed by atoms with E-state index in [4.69, 9.17) is 0 Å². The van der Waals surface area contributed by atoms with Crippen molar-refractivity contribution in [3.05, 3.63) is 89.4 Å². The van der Waals surface area contributed by atoms with Crippen LogP contribution in [0.2, 0.25) is 0 Å². The smallest absolute Gasteiger partial charge is 0.290 e. The molecule has 6 rings (SSSR count). The maximum Gasteiger partial charge on any atom is 0.290 e. The van der Waals surface area contributed by atoms with E-state index in [0.717, 1.165) is 61.7 Å². The van der Waals surface area contributed by atoms with E-state index >= 15 is 0 Å². The Morgan fingerprint density at radius 1 is 1.00 bits per heavy atom. The van der Waals surface area contributed by atoms with Gasteiger partial charge in [-0.1, -0.05) is 48.5 Å². The van der Waals surface area contributed by atoms with E-state index in [1.54, 1.807) is 18.3 Å². The molecule has 2 N–H and O–H groups in total. The number of imide groups is 1. The normalized spacial score (nSPS) is 17.2. The van der Waals surface area contributed by atoms with Crippen molar-refractivity contribution >= 4 is 45.7 Å². The van der Waals surface area contributed by atoms with Gasteiger partial charge in [-0.2, -0.15) is 0 Å². The summed E-state index contributed by atoms with van der Waals surface area (Å²) in [5.74, 6) is 0.848. The fraction of sp³-hybridized carbons (Fsp3) is 0.233. The summed E-state index contributed by atoms with van der Waals surface area (Å²) in [7, 11) is 0.